The molecule has 0 radical (unpaired) electrons. The number of hydrogen-bond donors (Lipinski definition) is 1. The SMILES string of the molecule is CCCCCNC(=O)Oc1cc(C)c(S(C)(C)OS(C)(=O)=O)cc1C. The van der Waals surface area contributed by atoms with Crippen molar-refractivity contribution in [1.82, 2.24) is 5.32 Å². The van der Waals surface area contributed by atoms with Crippen molar-refractivity contribution < 1.29 is 21.6 Å². The summed E-state index contributed by atoms with van der Waals surface area (Å²) in [7, 11) is -5.54. The van der Waals surface area contributed by atoms with Crippen LogP contribution in [0.15, 0.2) is 17.0 Å². The summed E-state index contributed by atoms with van der Waals surface area (Å²) >= 11 is 0. The van der Waals surface area contributed by atoms with Crippen molar-refractivity contribution in [3.8, 4) is 5.75 Å². The van der Waals surface area contributed by atoms with Gasteiger partial charge >= 0.3 is 6.09 Å². The minimum atomic E-state index is -3.56. The Morgan fingerprint density at radius 2 is 1.72 bits per heavy atom. The van der Waals surface area contributed by atoms with Crippen LogP contribution in [0.2, 0.25) is 0 Å². The minimum absolute atomic E-state index is 0.462. The van der Waals surface area contributed by atoms with E-state index in [9.17, 15) is 13.2 Å². The molecule has 1 N–H and O–H groups in total. The molecule has 0 aliphatic rings. The van der Waals surface area contributed by atoms with E-state index in [2.05, 4.69) is 12.2 Å². The highest BCUT2D eigenvalue weighted by atomic mass is 32.3. The molecule has 0 atom stereocenters. The van der Waals surface area contributed by atoms with Gasteiger partial charge < -0.3 is 10.1 Å². The van der Waals surface area contributed by atoms with Crippen molar-refractivity contribution in [1.29, 1.82) is 0 Å². The summed E-state index contributed by atoms with van der Waals surface area (Å²) in [6, 6.07) is 3.58. The predicted molar refractivity (Wildman–Crippen MR) is 103 cm³/mol. The van der Waals surface area contributed by atoms with Gasteiger partial charge in [0.15, 0.2) is 0 Å². The highest BCUT2D eigenvalue weighted by Gasteiger charge is 2.24. The zero-order valence-corrected chi connectivity index (χ0v) is 17.5. The van der Waals surface area contributed by atoms with Crippen molar-refractivity contribution >= 4 is 26.5 Å². The Morgan fingerprint density at radius 3 is 2.28 bits per heavy atom. The molecular formula is C17H29NO5S2. The molecule has 0 aliphatic heterocycles. The molecule has 0 bridgehead atoms. The Hall–Kier alpha value is -1.25. The number of aryl methyl sites for hydroxylation is 2. The van der Waals surface area contributed by atoms with E-state index in [1.165, 1.54) is 0 Å². The molecule has 0 saturated heterocycles. The lowest BCUT2D eigenvalue weighted by molar-refractivity contribution is 0.200. The van der Waals surface area contributed by atoms with E-state index in [1.807, 2.05) is 19.9 Å². The second-order valence-electron chi connectivity index (χ2n) is 6.41. The average molecular weight is 392 g/mol. The van der Waals surface area contributed by atoms with E-state index in [0.717, 1.165) is 41.5 Å². The predicted octanol–water partition coefficient (Wildman–Crippen LogP) is 3.90. The van der Waals surface area contributed by atoms with Crippen molar-refractivity contribution in [3.05, 3.63) is 23.3 Å². The maximum absolute atomic E-state index is 11.9. The minimum Gasteiger partial charge on any atom is -0.410 e. The summed E-state index contributed by atoms with van der Waals surface area (Å²) in [6.07, 6.45) is 7.18. The maximum Gasteiger partial charge on any atom is 0.412 e. The maximum atomic E-state index is 11.9. The first-order chi connectivity index (χ1) is 11.5. The second-order valence-corrected chi connectivity index (χ2v) is 11.3. The van der Waals surface area contributed by atoms with Crippen LogP contribution in [0, 0.1) is 13.8 Å². The summed E-state index contributed by atoms with van der Waals surface area (Å²) in [5.41, 5.74) is 1.57. The highest BCUT2D eigenvalue weighted by molar-refractivity contribution is 8.32. The summed E-state index contributed by atoms with van der Waals surface area (Å²) in [5, 5.41) is 2.73. The van der Waals surface area contributed by atoms with Crippen LogP contribution < -0.4 is 10.1 Å². The van der Waals surface area contributed by atoms with Crippen LogP contribution in [0.1, 0.15) is 37.3 Å². The van der Waals surface area contributed by atoms with Gasteiger partial charge in [-0.3, -0.25) is 0 Å². The highest BCUT2D eigenvalue weighted by Crippen LogP contribution is 2.53. The Morgan fingerprint density at radius 1 is 1.08 bits per heavy atom. The molecule has 0 aromatic heterocycles. The number of unbranched alkanes of at least 4 members (excludes halogenated alkanes) is 2. The molecule has 8 heteroatoms. The standard InChI is InChI=1S/C17H29NO5S2/c1-7-8-9-10-18-17(19)22-15-11-14(3)16(12-13(15)2)24(4,5)23-25(6,20)21/h11-12H,7-10H2,1-6H3,(H,18,19). The van der Waals surface area contributed by atoms with Crippen LogP contribution in [-0.2, 0) is 13.7 Å². The van der Waals surface area contributed by atoms with Gasteiger partial charge in [0.25, 0.3) is 10.1 Å². The van der Waals surface area contributed by atoms with Gasteiger partial charge in [-0.1, -0.05) is 30.1 Å². The van der Waals surface area contributed by atoms with Gasteiger partial charge in [0.2, 0.25) is 0 Å². The Kier molecular flexibility index (Phi) is 7.77. The Balaban J connectivity index is 2.90. The molecule has 0 fully saturated rings. The number of carbonyl (C=O) groups is 1. The summed E-state index contributed by atoms with van der Waals surface area (Å²) in [4.78, 5) is 12.7. The van der Waals surface area contributed by atoms with Gasteiger partial charge in [-0.2, -0.15) is 8.42 Å². The smallest absolute Gasteiger partial charge is 0.410 e. The Bertz CT molecular complexity index is 714. The number of hydrogen-bond acceptors (Lipinski definition) is 5. The molecule has 1 amide bonds. The first kappa shape index (κ1) is 21.8. The first-order valence-corrected chi connectivity index (χ1v) is 12.4. The van der Waals surface area contributed by atoms with Crippen molar-refractivity contribution in [2.75, 3.05) is 25.3 Å². The molecule has 1 aromatic carbocycles. The van der Waals surface area contributed by atoms with E-state index in [0.29, 0.717) is 12.3 Å². The van der Waals surface area contributed by atoms with E-state index < -0.39 is 26.5 Å². The fraction of sp³-hybridized carbons (Fsp3) is 0.588. The number of amides is 1. The third-order valence-corrected chi connectivity index (χ3v) is 7.40. The van der Waals surface area contributed by atoms with Crippen molar-refractivity contribution in [2.24, 2.45) is 0 Å². The number of carbonyl (C=O) groups excluding carboxylic acids is 1. The van der Waals surface area contributed by atoms with E-state index in [4.69, 9.17) is 8.37 Å². The van der Waals surface area contributed by atoms with Gasteiger partial charge in [-0.15, -0.1) is 0 Å². The average Bonchev–Trinajstić information content (AvgIpc) is 2.44. The van der Waals surface area contributed by atoms with Crippen LogP contribution in [0.3, 0.4) is 0 Å². The molecule has 1 rings (SSSR count). The molecule has 0 heterocycles. The summed E-state index contributed by atoms with van der Waals surface area (Å²) < 4.78 is 33.6. The molecule has 6 nitrogen and oxygen atoms in total. The van der Waals surface area contributed by atoms with Crippen LogP contribution in [0.5, 0.6) is 5.75 Å². The Labute approximate surface area is 152 Å². The van der Waals surface area contributed by atoms with Crippen LogP contribution in [0.4, 0.5) is 4.79 Å². The monoisotopic (exact) mass is 391 g/mol. The topological polar surface area (TPSA) is 81.7 Å². The fourth-order valence-corrected chi connectivity index (χ4v) is 6.51. The molecule has 1 aromatic rings. The zero-order valence-electron chi connectivity index (χ0n) is 15.8. The molecule has 25 heavy (non-hydrogen) atoms. The fourth-order valence-electron chi connectivity index (χ4n) is 2.45. The number of ether oxygens (including phenoxy) is 1. The molecule has 0 spiro atoms. The third-order valence-electron chi connectivity index (χ3n) is 3.55. The molecule has 0 unspecified atom stereocenters. The lowest BCUT2D eigenvalue weighted by atomic mass is 10.1. The molecular weight excluding hydrogens is 362 g/mol. The van der Waals surface area contributed by atoms with Gasteiger partial charge in [-0.05, 0) is 56.0 Å². The van der Waals surface area contributed by atoms with Crippen molar-refractivity contribution in [2.45, 2.75) is 44.9 Å². The quantitative estimate of drug-likeness (QED) is 0.680. The molecule has 144 valence electrons. The van der Waals surface area contributed by atoms with Crippen LogP contribution in [-0.4, -0.2) is 39.8 Å². The van der Waals surface area contributed by atoms with Crippen LogP contribution in [0.25, 0.3) is 0 Å². The summed E-state index contributed by atoms with van der Waals surface area (Å²) in [5.74, 6) is 0.462. The summed E-state index contributed by atoms with van der Waals surface area (Å²) in [6.45, 7) is 6.35. The van der Waals surface area contributed by atoms with Crippen molar-refractivity contribution in [3.63, 3.8) is 0 Å². The van der Waals surface area contributed by atoms with Crippen LogP contribution >= 0.6 is 10.3 Å². The first-order valence-electron chi connectivity index (χ1n) is 8.17. The van der Waals surface area contributed by atoms with E-state index >= 15 is 0 Å². The van der Waals surface area contributed by atoms with Gasteiger partial charge in [0, 0.05) is 11.4 Å². The third kappa shape index (κ3) is 7.25. The van der Waals surface area contributed by atoms with Gasteiger partial charge in [-0.25, -0.2) is 8.42 Å². The number of rotatable bonds is 8. The zero-order chi connectivity index (χ0) is 19.3. The van der Waals surface area contributed by atoms with E-state index in [1.54, 1.807) is 18.6 Å². The molecule has 0 aliphatic carbocycles. The van der Waals surface area contributed by atoms with Gasteiger partial charge in [0.05, 0.1) is 6.26 Å². The largest absolute Gasteiger partial charge is 0.412 e. The molecule has 0 saturated carbocycles. The number of benzene rings is 1. The normalized spacial score (nSPS) is 12.7. The second kappa shape index (κ2) is 8.91. The van der Waals surface area contributed by atoms with E-state index in [-0.39, 0.29) is 0 Å². The number of nitrogens with one attached hydrogen (secondary N) is 1. The lowest BCUT2D eigenvalue weighted by Gasteiger charge is -2.31. The lowest BCUT2D eigenvalue weighted by Crippen LogP contribution is -2.28. The van der Waals surface area contributed by atoms with Gasteiger partial charge in [0.1, 0.15) is 5.75 Å².